The number of anilines is 1. The van der Waals surface area contributed by atoms with Crippen molar-refractivity contribution in [2.24, 2.45) is 0 Å². The van der Waals surface area contributed by atoms with Gasteiger partial charge in [-0.1, -0.05) is 37.3 Å². The number of ether oxygens (including phenoxy) is 1. The monoisotopic (exact) mass is 442 g/mol. The highest BCUT2D eigenvalue weighted by Gasteiger charge is 2.26. The van der Waals surface area contributed by atoms with Gasteiger partial charge in [-0.15, -0.1) is 0 Å². The van der Waals surface area contributed by atoms with Crippen LogP contribution in [-0.4, -0.2) is 33.0 Å². The molecule has 2 aromatic carbocycles. The fourth-order valence-corrected chi connectivity index (χ4v) is 4.22. The molecule has 0 aromatic heterocycles. The largest absolute Gasteiger partial charge is 0.376 e. The van der Waals surface area contributed by atoms with Gasteiger partial charge >= 0.3 is 0 Å². The van der Waals surface area contributed by atoms with Crippen LogP contribution in [0.25, 0.3) is 16.9 Å². The summed E-state index contributed by atoms with van der Waals surface area (Å²) < 4.78 is 9.01. The van der Waals surface area contributed by atoms with Gasteiger partial charge in [-0.3, -0.25) is 9.59 Å². The third-order valence-electron chi connectivity index (χ3n) is 6.03. The lowest BCUT2D eigenvalue weighted by Crippen LogP contribution is -2.20. The second-order valence-corrected chi connectivity index (χ2v) is 8.32. The molecule has 7 heteroatoms. The highest BCUT2D eigenvalue weighted by atomic mass is 16.5. The summed E-state index contributed by atoms with van der Waals surface area (Å²) in [7, 11) is 0. The number of nitrogens with zero attached hydrogens (tertiary/aromatic N) is 3. The van der Waals surface area contributed by atoms with Gasteiger partial charge in [0.05, 0.1) is 22.9 Å². The number of carbonyl (C=O) groups excluding carboxylic acids is 1. The predicted molar refractivity (Wildman–Crippen MR) is 127 cm³/mol. The molecule has 1 N–H and O–H groups in total. The predicted octanol–water partition coefficient (Wildman–Crippen LogP) is 4.13. The first-order valence-electron chi connectivity index (χ1n) is 11.3. The normalized spacial score (nSPS) is 15.7. The maximum atomic E-state index is 13.3. The zero-order valence-electron chi connectivity index (χ0n) is 18.5. The van der Waals surface area contributed by atoms with E-state index in [4.69, 9.17) is 4.74 Å². The maximum Gasteiger partial charge on any atom is 0.282 e. The zero-order chi connectivity index (χ0) is 22.8. The fourth-order valence-electron chi connectivity index (χ4n) is 4.22. The fraction of sp³-hybridized carbons (Fsp3) is 0.269. The summed E-state index contributed by atoms with van der Waals surface area (Å²) in [6.07, 6.45) is 6.53. The first kappa shape index (κ1) is 21.2. The van der Waals surface area contributed by atoms with E-state index in [1.165, 1.54) is 10.2 Å². The van der Waals surface area contributed by atoms with Gasteiger partial charge in [0.25, 0.3) is 11.5 Å². The van der Waals surface area contributed by atoms with Gasteiger partial charge in [-0.05, 0) is 49.1 Å². The van der Waals surface area contributed by atoms with Gasteiger partial charge in [-0.25, -0.2) is 0 Å². The lowest BCUT2D eigenvalue weighted by atomic mass is 10.1. The summed E-state index contributed by atoms with van der Waals surface area (Å²) in [5.41, 5.74) is 3.45. The van der Waals surface area contributed by atoms with Gasteiger partial charge in [0, 0.05) is 31.2 Å². The lowest BCUT2D eigenvalue weighted by molar-refractivity contribution is 0.0961. The smallest absolute Gasteiger partial charge is 0.282 e. The van der Waals surface area contributed by atoms with Crippen molar-refractivity contribution in [2.75, 3.05) is 11.9 Å². The van der Waals surface area contributed by atoms with Crippen LogP contribution in [0.3, 0.4) is 0 Å². The quantitative estimate of drug-likeness (QED) is 0.487. The van der Waals surface area contributed by atoms with Crippen LogP contribution in [0, 0.1) is 0 Å². The molecule has 168 valence electrons. The number of benzene rings is 2. The van der Waals surface area contributed by atoms with Crippen molar-refractivity contribution in [3.8, 4) is 16.9 Å². The van der Waals surface area contributed by atoms with Crippen LogP contribution < -0.4 is 10.9 Å². The number of pyridine rings is 1. The third kappa shape index (κ3) is 4.32. The molecular weight excluding hydrogens is 416 g/mol. The summed E-state index contributed by atoms with van der Waals surface area (Å²) in [4.78, 5) is 26.6. The highest BCUT2D eigenvalue weighted by Crippen LogP contribution is 2.25. The van der Waals surface area contributed by atoms with Gasteiger partial charge in [0.15, 0.2) is 0 Å². The summed E-state index contributed by atoms with van der Waals surface area (Å²) in [6.45, 7) is 3.41. The Morgan fingerprint density at radius 3 is 2.61 bits per heavy atom. The molecular formula is C26H26N4O3. The number of nitrogens with one attached hydrogen (secondary N) is 1. The van der Waals surface area contributed by atoms with E-state index in [1.54, 1.807) is 12.4 Å². The van der Waals surface area contributed by atoms with Crippen molar-refractivity contribution >= 4 is 11.6 Å². The van der Waals surface area contributed by atoms with Gasteiger partial charge < -0.3 is 14.6 Å². The first-order chi connectivity index (χ1) is 16.1. The number of hydrogen-bond acceptors (Lipinski definition) is 4. The van der Waals surface area contributed by atoms with Crippen LogP contribution in [-0.2, 0) is 17.7 Å². The van der Waals surface area contributed by atoms with E-state index in [2.05, 4.69) is 17.3 Å². The van der Waals surface area contributed by atoms with E-state index >= 15 is 0 Å². The van der Waals surface area contributed by atoms with Crippen LogP contribution in [0.15, 0.2) is 71.8 Å². The zero-order valence-corrected chi connectivity index (χ0v) is 18.5. The average Bonchev–Trinajstić information content (AvgIpc) is 3.48. The van der Waals surface area contributed by atoms with Gasteiger partial charge in [-0.2, -0.15) is 9.78 Å². The molecule has 1 amide bonds. The van der Waals surface area contributed by atoms with Crippen molar-refractivity contribution in [1.82, 2.24) is 14.3 Å². The number of amides is 1. The molecule has 0 spiro atoms. The molecule has 0 radical (unpaired) electrons. The number of para-hydroxylation sites is 1. The van der Waals surface area contributed by atoms with E-state index in [1.807, 2.05) is 59.2 Å². The number of aryl methyl sites for hydroxylation is 1. The molecule has 1 atom stereocenters. The van der Waals surface area contributed by atoms with Gasteiger partial charge in [0.2, 0.25) is 0 Å². The Morgan fingerprint density at radius 2 is 1.91 bits per heavy atom. The average molecular weight is 443 g/mol. The molecule has 33 heavy (non-hydrogen) atoms. The Bertz CT molecular complexity index is 1290. The lowest BCUT2D eigenvalue weighted by Gasteiger charge is -2.16. The van der Waals surface area contributed by atoms with Crippen molar-refractivity contribution in [3.63, 3.8) is 0 Å². The number of aromatic nitrogens is 3. The summed E-state index contributed by atoms with van der Waals surface area (Å²) in [6, 6.07) is 17.0. The Labute approximate surface area is 192 Å². The topological polar surface area (TPSA) is 78.2 Å². The Balaban J connectivity index is 1.56. The summed E-state index contributed by atoms with van der Waals surface area (Å²) >= 11 is 0. The second-order valence-electron chi connectivity index (χ2n) is 8.32. The second kappa shape index (κ2) is 9.03. The van der Waals surface area contributed by atoms with E-state index in [0.29, 0.717) is 34.7 Å². The summed E-state index contributed by atoms with van der Waals surface area (Å²) in [5, 5.41) is 7.50. The number of fused-ring (bicyclic) bond motifs is 1. The molecule has 5 rings (SSSR count). The molecule has 0 aliphatic carbocycles. The van der Waals surface area contributed by atoms with Crippen molar-refractivity contribution in [1.29, 1.82) is 0 Å². The summed E-state index contributed by atoms with van der Waals surface area (Å²) in [5.74, 6) is -0.302. The molecule has 1 fully saturated rings. The SMILES string of the molecule is CCc1ccc(NC(=O)c2cn(C[C@@H]3CCCO3)cc3c(=O)n(-c4ccccc4)nc2-3)cc1. The van der Waals surface area contributed by atoms with Crippen LogP contribution in [0.2, 0.25) is 0 Å². The molecule has 3 heterocycles. The van der Waals surface area contributed by atoms with Crippen LogP contribution in [0.5, 0.6) is 0 Å². The molecule has 3 aliphatic rings. The minimum absolute atomic E-state index is 0.0734. The minimum atomic E-state index is -0.302. The van der Waals surface area contributed by atoms with Crippen LogP contribution in [0.1, 0.15) is 35.7 Å². The molecule has 1 saturated heterocycles. The van der Waals surface area contributed by atoms with Crippen LogP contribution in [0.4, 0.5) is 5.69 Å². The van der Waals surface area contributed by atoms with Crippen molar-refractivity contribution in [2.45, 2.75) is 38.8 Å². The Morgan fingerprint density at radius 1 is 1.12 bits per heavy atom. The Hall–Kier alpha value is -3.71. The highest BCUT2D eigenvalue weighted by molar-refractivity contribution is 6.08. The molecule has 0 bridgehead atoms. The van der Waals surface area contributed by atoms with Crippen molar-refractivity contribution in [3.05, 3.63) is 88.5 Å². The number of carbonyl (C=O) groups is 1. The van der Waals surface area contributed by atoms with E-state index in [-0.39, 0.29) is 17.6 Å². The third-order valence-corrected chi connectivity index (χ3v) is 6.03. The van der Waals surface area contributed by atoms with Crippen molar-refractivity contribution < 1.29 is 9.53 Å². The number of rotatable bonds is 6. The van der Waals surface area contributed by atoms with Crippen LogP contribution >= 0.6 is 0 Å². The molecule has 0 unspecified atom stereocenters. The van der Waals surface area contributed by atoms with E-state index < -0.39 is 0 Å². The molecule has 7 nitrogen and oxygen atoms in total. The maximum absolute atomic E-state index is 13.3. The van der Waals surface area contributed by atoms with E-state index in [9.17, 15) is 9.59 Å². The molecule has 3 aliphatic heterocycles. The standard InChI is InChI=1S/C26H26N4O3/c1-2-18-10-12-19(13-11-18)27-25(31)22-16-29(15-21-9-6-14-33-21)17-23-24(22)28-30(26(23)32)20-7-4-3-5-8-20/h3-5,7-8,10-13,16-17,21H,2,6,9,14-15H2,1H3,(H,27,31)/t21-/m0/s1. The molecule has 0 saturated carbocycles. The van der Waals surface area contributed by atoms with Gasteiger partial charge in [0.1, 0.15) is 5.69 Å². The number of hydrogen-bond donors (Lipinski definition) is 1. The minimum Gasteiger partial charge on any atom is -0.376 e. The van der Waals surface area contributed by atoms with E-state index in [0.717, 1.165) is 25.9 Å². The Kier molecular flexibility index (Phi) is 5.79. The molecule has 2 aromatic rings. The first-order valence-corrected chi connectivity index (χ1v) is 11.3.